The third-order valence-electron chi connectivity index (χ3n) is 5.12. The van der Waals surface area contributed by atoms with Crippen LogP contribution in [0.2, 0.25) is 0 Å². The van der Waals surface area contributed by atoms with Crippen LogP contribution in [0.4, 0.5) is 0 Å². The lowest BCUT2D eigenvalue weighted by Gasteiger charge is -2.25. The third-order valence-corrected chi connectivity index (χ3v) is 5.12. The number of amides is 1. The lowest BCUT2D eigenvalue weighted by molar-refractivity contribution is 0.0487. The number of benzene rings is 1. The summed E-state index contributed by atoms with van der Waals surface area (Å²) in [6.45, 7) is 8.42. The molecule has 1 heterocycles. The van der Waals surface area contributed by atoms with E-state index in [1.807, 2.05) is 45.9 Å². The van der Waals surface area contributed by atoms with Crippen LogP contribution in [0.15, 0.2) is 22.6 Å². The maximum absolute atomic E-state index is 12.5. The molecule has 4 heteroatoms. The van der Waals surface area contributed by atoms with Gasteiger partial charge in [-0.3, -0.25) is 4.79 Å². The number of nitrogens with one attached hydrogen (secondary N) is 1. The molecule has 1 saturated carbocycles. The van der Waals surface area contributed by atoms with Gasteiger partial charge < -0.3 is 14.8 Å². The highest BCUT2D eigenvalue weighted by atomic mass is 16.3. The SMILES string of the molecule is Cc1c(C(=O)NCC2(C(O)C(C)C)CC2)oc2c(C)cccc12. The Hall–Kier alpha value is -1.81. The Morgan fingerprint density at radius 1 is 1.35 bits per heavy atom. The van der Waals surface area contributed by atoms with Crippen LogP contribution >= 0.6 is 0 Å². The van der Waals surface area contributed by atoms with Crippen LogP contribution in [-0.2, 0) is 0 Å². The first-order valence-electron chi connectivity index (χ1n) is 8.31. The molecular weight excluding hydrogens is 290 g/mol. The Morgan fingerprint density at radius 3 is 2.61 bits per heavy atom. The van der Waals surface area contributed by atoms with Crippen LogP contribution in [0.3, 0.4) is 0 Å². The largest absolute Gasteiger partial charge is 0.450 e. The molecule has 2 N–H and O–H groups in total. The molecule has 124 valence electrons. The van der Waals surface area contributed by atoms with E-state index in [0.29, 0.717) is 12.3 Å². The van der Waals surface area contributed by atoms with E-state index >= 15 is 0 Å². The monoisotopic (exact) mass is 315 g/mol. The molecule has 0 spiro atoms. The van der Waals surface area contributed by atoms with Crippen molar-refractivity contribution in [1.82, 2.24) is 5.32 Å². The summed E-state index contributed by atoms with van der Waals surface area (Å²) in [5, 5.41) is 14.3. The third kappa shape index (κ3) is 2.76. The zero-order valence-electron chi connectivity index (χ0n) is 14.3. The van der Waals surface area contributed by atoms with Crippen molar-refractivity contribution >= 4 is 16.9 Å². The number of carbonyl (C=O) groups excluding carboxylic acids is 1. The van der Waals surface area contributed by atoms with E-state index in [1.165, 1.54) is 0 Å². The van der Waals surface area contributed by atoms with Gasteiger partial charge in [-0.2, -0.15) is 0 Å². The van der Waals surface area contributed by atoms with E-state index in [9.17, 15) is 9.90 Å². The lowest BCUT2D eigenvalue weighted by Crippen LogP contribution is -2.38. The van der Waals surface area contributed by atoms with Crippen LogP contribution in [0.5, 0.6) is 0 Å². The molecule has 0 saturated heterocycles. The van der Waals surface area contributed by atoms with Crippen LogP contribution in [-0.4, -0.2) is 23.7 Å². The van der Waals surface area contributed by atoms with Gasteiger partial charge in [0.2, 0.25) is 0 Å². The summed E-state index contributed by atoms with van der Waals surface area (Å²) < 4.78 is 5.81. The Balaban J connectivity index is 1.77. The lowest BCUT2D eigenvalue weighted by atomic mass is 9.90. The summed E-state index contributed by atoms with van der Waals surface area (Å²) in [7, 11) is 0. The second-order valence-electron chi connectivity index (χ2n) is 7.24. The highest BCUT2D eigenvalue weighted by Gasteiger charge is 2.50. The molecule has 1 atom stereocenters. The molecule has 3 rings (SSSR count). The molecule has 1 aromatic heterocycles. The van der Waals surface area contributed by atoms with Crippen molar-refractivity contribution in [2.75, 3.05) is 6.54 Å². The van der Waals surface area contributed by atoms with Crippen molar-refractivity contribution in [2.45, 2.75) is 46.6 Å². The molecule has 2 aromatic rings. The van der Waals surface area contributed by atoms with E-state index in [1.54, 1.807) is 0 Å². The summed E-state index contributed by atoms with van der Waals surface area (Å²) >= 11 is 0. The van der Waals surface area contributed by atoms with Gasteiger partial charge in [-0.1, -0.05) is 32.0 Å². The van der Waals surface area contributed by atoms with E-state index in [0.717, 1.165) is 34.9 Å². The Morgan fingerprint density at radius 2 is 2.04 bits per heavy atom. The van der Waals surface area contributed by atoms with Gasteiger partial charge in [0.15, 0.2) is 5.76 Å². The molecule has 1 aromatic carbocycles. The Bertz CT molecular complexity index is 740. The predicted molar refractivity (Wildman–Crippen MR) is 90.5 cm³/mol. The van der Waals surface area contributed by atoms with Gasteiger partial charge in [-0.05, 0) is 38.2 Å². The predicted octanol–water partition coefficient (Wildman–Crippen LogP) is 3.58. The van der Waals surface area contributed by atoms with E-state index < -0.39 is 0 Å². The molecule has 1 fully saturated rings. The van der Waals surface area contributed by atoms with Gasteiger partial charge in [-0.25, -0.2) is 0 Å². The van der Waals surface area contributed by atoms with Crippen molar-refractivity contribution in [3.05, 3.63) is 35.1 Å². The summed E-state index contributed by atoms with van der Waals surface area (Å²) in [6.07, 6.45) is 1.55. The number of para-hydroxylation sites is 1. The minimum absolute atomic E-state index is 0.153. The number of aryl methyl sites for hydroxylation is 2. The normalized spacial score (nSPS) is 17.5. The minimum atomic E-state index is -0.373. The van der Waals surface area contributed by atoms with E-state index in [-0.39, 0.29) is 23.3 Å². The van der Waals surface area contributed by atoms with Crippen LogP contribution in [0, 0.1) is 25.2 Å². The van der Waals surface area contributed by atoms with Crippen LogP contribution in [0.1, 0.15) is 48.4 Å². The fourth-order valence-electron chi connectivity index (χ4n) is 3.38. The molecule has 0 aliphatic heterocycles. The van der Waals surface area contributed by atoms with E-state index in [4.69, 9.17) is 4.42 Å². The van der Waals surface area contributed by atoms with Gasteiger partial charge >= 0.3 is 0 Å². The molecule has 4 nitrogen and oxygen atoms in total. The topological polar surface area (TPSA) is 62.5 Å². The fraction of sp³-hybridized carbons (Fsp3) is 0.526. The fourth-order valence-corrected chi connectivity index (χ4v) is 3.38. The zero-order chi connectivity index (χ0) is 16.8. The van der Waals surface area contributed by atoms with Crippen molar-refractivity contribution in [3.8, 4) is 0 Å². The Labute approximate surface area is 136 Å². The number of rotatable bonds is 5. The average Bonchev–Trinajstić information content (AvgIpc) is 3.23. The maximum Gasteiger partial charge on any atom is 0.287 e. The quantitative estimate of drug-likeness (QED) is 0.886. The van der Waals surface area contributed by atoms with Crippen molar-refractivity contribution in [1.29, 1.82) is 0 Å². The number of hydrogen-bond donors (Lipinski definition) is 2. The van der Waals surface area contributed by atoms with Gasteiger partial charge in [0.1, 0.15) is 5.58 Å². The summed E-state index contributed by atoms with van der Waals surface area (Å²) in [6, 6.07) is 5.92. The second-order valence-corrected chi connectivity index (χ2v) is 7.24. The first-order valence-corrected chi connectivity index (χ1v) is 8.31. The molecule has 0 bridgehead atoms. The first kappa shape index (κ1) is 16.1. The van der Waals surface area contributed by atoms with Crippen molar-refractivity contribution in [2.24, 2.45) is 11.3 Å². The van der Waals surface area contributed by atoms with Crippen molar-refractivity contribution < 1.29 is 14.3 Å². The first-order chi connectivity index (χ1) is 10.9. The smallest absolute Gasteiger partial charge is 0.287 e. The maximum atomic E-state index is 12.5. The van der Waals surface area contributed by atoms with E-state index in [2.05, 4.69) is 5.32 Å². The number of fused-ring (bicyclic) bond motifs is 1. The number of aliphatic hydroxyl groups is 1. The van der Waals surface area contributed by atoms with Gasteiger partial charge in [-0.15, -0.1) is 0 Å². The number of aliphatic hydroxyl groups excluding tert-OH is 1. The highest BCUT2D eigenvalue weighted by molar-refractivity contribution is 5.99. The molecule has 1 aliphatic carbocycles. The zero-order valence-corrected chi connectivity index (χ0v) is 14.3. The minimum Gasteiger partial charge on any atom is -0.450 e. The highest BCUT2D eigenvalue weighted by Crippen LogP contribution is 2.50. The number of furan rings is 1. The molecular formula is C19H25NO3. The van der Waals surface area contributed by atoms with Gasteiger partial charge in [0, 0.05) is 22.9 Å². The molecule has 23 heavy (non-hydrogen) atoms. The Kier molecular flexibility index (Phi) is 3.96. The standard InChI is InChI=1S/C19H25NO3/c1-11(2)17(21)19(8-9-19)10-20-18(22)16-13(4)14-7-5-6-12(3)15(14)23-16/h5-7,11,17,21H,8-10H2,1-4H3,(H,20,22). The second kappa shape index (κ2) is 5.68. The molecule has 1 unspecified atom stereocenters. The molecule has 0 radical (unpaired) electrons. The average molecular weight is 315 g/mol. The number of hydrogen-bond acceptors (Lipinski definition) is 3. The number of carbonyl (C=O) groups is 1. The van der Waals surface area contributed by atoms with Crippen LogP contribution in [0.25, 0.3) is 11.0 Å². The van der Waals surface area contributed by atoms with Gasteiger partial charge in [0.05, 0.1) is 6.10 Å². The summed E-state index contributed by atoms with van der Waals surface area (Å²) in [5.74, 6) is 0.384. The molecule has 1 amide bonds. The summed E-state index contributed by atoms with van der Waals surface area (Å²) in [4.78, 5) is 12.5. The van der Waals surface area contributed by atoms with Crippen molar-refractivity contribution in [3.63, 3.8) is 0 Å². The molecule has 1 aliphatic rings. The van der Waals surface area contributed by atoms with Gasteiger partial charge in [0.25, 0.3) is 5.91 Å². The van der Waals surface area contributed by atoms with Crippen LogP contribution < -0.4 is 5.32 Å². The summed E-state index contributed by atoms with van der Waals surface area (Å²) in [5.41, 5.74) is 2.52.